The van der Waals surface area contributed by atoms with Crippen molar-refractivity contribution in [3.05, 3.63) is 129 Å². The molecular formula is C40H44Cl2Hf. The molecule has 0 N–H and O–H groups in total. The minimum atomic E-state index is -2.93. The van der Waals surface area contributed by atoms with E-state index in [-0.39, 0.29) is 24.8 Å². The quantitative estimate of drug-likeness (QED) is 0.171. The van der Waals surface area contributed by atoms with Crippen molar-refractivity contribution < 1.29 is 20.0 Å². The fraction of sp³-hybridized carbons (Fsp3) is 0.300. The van der Waals surface area contributed by atoms with Gasteiger partial charge in [0, 0.05) is 0 Å². The Morgan fingerprint density at radius 3 is 1.23 bits per heavy atom. The third-order valence-electron chi connectivity index (χ3n) is 10.2. The first-order valence-electron chi connectivity index (χ1n) is 15.6. The molecule has 4 aromatic rings. The van der Waals surface area contributed by atoms with Crippen LogP contribution in [-0.2, 0) is 20.0 Å². The predicted molar refractivity (Wildman–Crippen MR) is 188 cm³/mol. The molecule has 0 saturated carbocycles. The summed E-state index contributed by atoms with van der Waals surface area (Å²) in [4.78, 5) is 0. The molecule has 2 unspecified atom stereocenters. The molecule has 2 aliphatic carbocycles. The van der Waals surface area contributed by atoms with E-state index in [2.05, 4.69) is 139 Å². The molecule has 0 aromatic heterocycles. The van der Waals surface area contributed by atoms with Gasteiger partial charge in [-0.2, -0.15) is 0 Å². The normalized spacial score (nSPS) is 19.3. The van der Waals surface area contributed by atoms with E-state index in [9.17, 15) is 0 Å². The molecule has 222 valence electrons. The third-order valence-corrected chi connectivity index (χ3v) is 29.1. The van der Waals surface area contributed by atoms with Crippen LogP contribution in [0.2, 0.25) is 8.35 Å². The molecule has 0 bridgehead atoms. The summed E-state index contributed by atoms with van der Waals surface area (Å²) in [7, 11) is 0. The van der Waals surface area contributed by atoms with E-state index in [4.69, 9.17) is 0 Å². The minimum Gasteiger partial charge on any atom is -0.147 e. The molecular weight excluding hydrogens is 730 g/mol. The second-order valence-electron chi connectivity index (χ2n) is 13.5. The SMILES string of the molecule is Cc1ccc(-c2cccc3c2C=C(C(C)C)[CH]3[Hf]2([CH]3C(C(C)C)=Cc4c(-c5ccc(C)cc5)cccc43)[CH2][CH2]2)cc1.Cl.Cl. The van der Waals surface area contributed by atoms with Crippen molar-refractivity contribution in [2.45, 2.75) is 57.2 Å². The third kappa shape index (κ3) is 5.38. The van der Waals surface area contributed by atoms with E-state index in [1.54, 1.807) is 22.3 Å². The maximum absolute atomic E-state index is 2.93. The Balaban J connectivity index is 0.00000184. The fourth-order valence-electron chi connectivity index (χ4n) is 7.99. The zero-order valence-electron chi connectivity index (χ0n) is 26.3. The number of benzene rings is 4. The average molecular weight is 774 g/mol. The number of fused-ring (bicyclic) bond motifs is 2. The van der Waals surface area contributed by atoms with Gasteiger partial charge >= 0.3 is 253 Å². The molecule has 0 nitrogen and oxygen atoms in total. The molecule has 2 atom stereocenters. The summed E-state index contributed by atoms with van der Waals surface area (Å²) < 4.78 is 4.39. The summed E-state index contributed by atoms with van der Waals surface area (Å²) in [6.45, 7) is 14.1. The van der Waals surface area contributed by atoms with Crippen molar-refractivity contribution >= 4 is 37.0 Å². The van der Waals surface area contributed by atoms with Crippen molar-refractivity contribution in [2.24, 2.45) is 11.8 Å². The Bertz CT molecular complexity index is 1580. The fourth-order valence-corrected chi connectivity index (χ4v) is 36.9. The minimum absolute atomic E-state index is 0. The molecule has 1 saturated heterocycles. The van der Waals surface area contributed by atoms with E-state index in [0.29, 0.717) is 19.2 Å². The zero-order valence-corrected chi connectivity index (χ0v) is 31.5. The maximum atomic E-state index is 2.64. The monoisotopic (exact) mass is 774 g/mol. The summed E-state index contributed by atoms with van der Waals surface area (Å²) >= 11 is -2.93. The summed E-state index contributed by atoms with van der Waals surface area (Å²) in [5.74, 6) is 1.14. The van der Waals surface area contributed by atoms with Crippen molar-refractivity contribution in [1.29, 1.82) is 0 Å². The van der Waals surface area contributed by atoms with Gasteiger partial charge in [-0.25, -0.2) is 0 Å². The van der Waals surface area contributed by atoms with Crippen molar-refractivity contribution in [3.63, 3.8) is 0 Å². The number of allylic oxidation sites excluding steroid dienone is 2. The van der Waals surface area contributed by atoms with Gasteiger partial charge in [-0.1, -0.05) is 0 Å². The predicted octanol–water partition coefficient (Wildman–Crippen LogP) is 12.4. The van der Waals surface area contributed by atoms with Crippen LogP contribution in [0.1, 0.15) is 68.4 Å². The molecule has 3 heteroatoms. The molecule has 3 aliphatic rings. The van der Waals surface area contributed by atoms with E-state index in [0.717, 1.165) is 0 Å². The number of rotatable bonds is 6. The van der Waals surface area contributed by atoms with Gasteiger partial charge in [0.25, 0.3) is 0 Å². The first-order chi connectivity index (χ1) is 19.8. The van der Waals surface area contributed by atoms with Crippen molar-refractivity contribution in [3.8, 4) is 22.3 Å². The van der Waals surface area contributed by atoms with Crippen LogP contribution in [-0.4, -0.2) is 0 Å². The number of halogens is 2. The van der Waals surface area contributed by atoms with Crippen LogP contribution >= 0.6 is 24.8 Å². The van der Waals surface area contributed by atoms with Crippen molar-refractivity contribution in [2.75, 3.05) is 0 Å². The Kier molecular flexibility index (Phi) is 9.22. The van der Waals surface area contributed by atoms with Crippen LogP contribution in [0.15, 0.2) is 96.1 Å². The standard InChI is InChI=1S/2C19H19.C2H4.2ClH.Hf/c2*1-13(2)17-11-16-5-4-6-18(19(16)12-17)15-9-7-14(3)8-10-15;1-2;;;/h2*4-13H,1-3H3;1-2H2;2*1H;. The molecule has 7 rings (SSSR count). The Hall–Kier alpha value is -2.19. The molecule has 1 heterocycles. The molecule has 1 aliphatic heterocycles. The van der Waals surface area contributed by atoms with E-state index >= 15 is 0 Å². The maximum Gasteiger partial charge on any atom is -0.147 e. The Morgan fingerprint density at radius 1 is 0.535 bits per heavy atom. The Morgan fingerprint density at radius 2 is 0.907 bits per heavy atom. The van der Waals surface area contributed by atoms with Gasteiger partial charge in [-0.3, -0.25) is 0 Å². The van der Waals surface area contributed by atoms with Gasteiger partial charge in [-0.05, 0) is 0 Å². The summed E-state index contributed by atoms with van der Waals surface area (Å²) in [6.07, 6.45) is 5.27. The van der Waals surface area contributed by atoms with E-state index in [1.165, 1.54) is 52.9 Å². The second kappa shape index (κ2) is 12.3. The van der Waals surface area contributed by atoms with Crippen LogP contribution in [0.3, 0.4) is 0 Å². The van der Waals surface area contributed by atoms with E-state index < -0.39 is 20.0 Å². The molecule has 43 heavy (non-hydrogen) atoms. The first kappa shape index (κ1) is 32.2. The number of hydrogen-bond acceptors (Lipinski definition) is 0. The summed E-state index contributed by atoms with van der Waals surface area (Å²) in [6, 6.07) is 32.7. The molecule has 0 radical (unpaired) electrons. The molecule has 0 spiro atoms. The van der Waals surface area contributed by atoms with Crippen LogP contribution in [0, 0.1) is 25.7 Å². The number of aryl methyl sites for hydroxylation is 2. The van der Waals surface area contributed by atoms with Gasteiger partial charge < -0.3 is 0 Å². The summed E-state index contributed by atoms with van der Waals surface area (Å²) in [5, 5.41) is 0. The van der Waals surface area contributed by atoms with Crippen LogP contribution < -0.4 is 0 Å². The zero-order chi connectivity index (χ0) is 28.5. The van der Waals surface area contributed by atoms with Gasteiger partial charge in [0.05, 0.1) is 0 Å². The van der Waals surface area contributed by atoms with Crippen LogP contribution in [0.25, 0.3) is 34.4 Å². The second-order valence-corrected chi connectivity index (χ2v) is 30.1. The smallest absolute Gasteiger partial charge is 0.147 e. The van der Waals surface area contributed by atoms with Crippen LogP contribution in [0.5, 0.6) is 0 Å². The first-order valence-corrected chi connectivity index (χ1v) is 24.8. The topological polar surface area (TPSA) is 0 Å². The van der Waals surface area contributed by atoms with Crippen molar-refractivity contribution in [1.82, 2.24) is 0 Å². The largest absolute Gasteiger partial charge is 0.147 e. The number of hydrogen-bond donors (Lipinski definition) is 0. The average Bonchev–Trinajstić information content (AvgIpc) is 3.47. The Labute approximate surface area is 275 Å². The van der Waals surface area contributed by atoms with Crippen LogP contribution in [0.4, 0.5) is 0 Å². The molecule has 1 fully saturated rings. The van der Waals surface area contributed by atoms with Gasteiger partial charge in [0.2, 0.25) is 0 Å². The summed E-state index contributed by atoms with van der Waals surface area (Å²) in [5.41, 5.74) is 18.0. The van der Waals surface area contributed by atoms with Gasteiger partial charge in [0.15, 0.2) is 0 Å². The molecule has 0 amide bonds. The molecule has 4 aromatic carbocycles. The van der Waals surface area contributed by atoms with Gasteiger partial charge in [0.1, 0.15) is 0 Å². The van der Waals surface area contributed by atoms with E-state index in [1.807, 2.05) is 0 Å². The van der Waals surface area contributed by atoms with Gasteiger partial charge in [-0.15, -0.1) is 24.8 Å².